The van der Waals surface area contributed by atoms with Gasteiger partial charge in [0.25, 0.3) is 0 Å². The first kappa shape index (κ1) is 19.4. The molecule has 8 heteroatoms. The summed E-state index contributed by atoms with van der Waals surface area (Å²) in [7, 11) is 0. The van der Waals surface area contributed by atoms with Crippen LogP contribution in [0.15, 0.2) is 22.3 Å². The van der Waals surface area contributed by atoms with Crippen molar-refractivity contribution in [1.29, 1.82) is 0 Å². The topological polar surface area (TPSA) is 72.2 Å². The number of hydrogen-bond acceptors (Lipinski definition) is 5. The van der Waals surface area contributed by atoms with Crippen LogP contribution >= 0.6 is 11.3 Å². The van der Waals surface area contributed by atoms with Crippen molar-refractivity contribution < 1.29 is 4.79 Å². The third-order valence-electron chi connectivity index (χ3n) is 5.73. The molecule has 7 nitrogen and oxygen atoms in total. The van der Waals surface area contributed by atoms with Crippen molar-refractivity contribution in [1.82, 2.24) is 24.6 Å². The molecule has 1 fully saturated rings. The molecule has 4 rings (SSSR count). The van der Waals surface area contributed by atoms with Gasteiger partial charge in [-0.1, -0.05) is 12.5 Å². The van der Waals surface area contributed by atoms with Crippen molar-refractivity contribution >= 4 is 17.2 Å². The second-order valence-electron chi connectivity index (χ2n) is 7.95. The molecule has 1 saturated heterocycles. The number of rotatable bonds is 6. The Kier molecular flexibility index (Phi) is 6.26. The van der Waals surface area contributed by atoms with Crippen LogP contribution in [0.25, 0.3) is 0 Å². The normalized spacial score (nSPS) is 20.5. The molecule has 0 spiro atoms. The standard InChI is InChI=1S/C20H29N5O2S/c26-19(15-25-20(27)24-10-3-1-2-8-18(24)22-25)21-12-16-6-4-9-23(13-16)14-17-7-5-11-28-17/h5,7,11,16H,1-4,6,8-10,12-15H2,(H,21,26). The molecule has 1 unspecified atom stereocenters. The van der Waals surface area contributed by atoms with E-state index in [9.17, 15) is 9.59 Å². The molecule has 0 aromatic carbocycles. The Morgan fingerprint density at radius 1 is 1.25 bits per heavy atom. The molecule has 0 radical (unpaired) electrons. The zero-order chi connectivity index (χ0) is 19.3. The molecule has 0 saturated carbocycles. The smallest absolute Gasteiger partial charge is 0.346 e. The maximum Gasteiger partial charge on any atom is 0.346 e. The number of carbonyl (C=O) groups excluding carboxylic acids is 1. The minimum atomic E-state index is -0.146. The van der Waals surface area contributed by atoms with Gasteiger partial charge in [-0.25, -0.2) is 9.48 Å². The van der Waals surface area contributed by atoms with Crippen molar-refractivity contribution in [3.05, 3.63) is 38.7 Å². The largest absolute Gasteiger partial charge is 0.354 e. The fourth-order valence-electron chi connectivity index (χ4n) is 4.26. The van der Waals surface area contributed by atoms with E-state index < -0.39 is 0 Å². The van der Waals surface area contributed by atoms with Gasteiger partial charge in [0.2, 0.25) is 5.91 Å². The Morgan fingerprint density at radius 3 is 3.04 bits per heavy atom. The second kappa shape index (κ2) is 9.05. The molecule has 1 atom stereocenters. The van der Waals surface area contributed by atoms with E-state index in [1.807, 2.05) is 0 Å². The predicted octanol–water partition coefficient (Wildman–Crippen LogP) is 1.86. The SMILES string of the molecule is O=C(Cn1nc2n(c1=O)CCCCC2)NCC1CCCN(Cc2cccs2)C1. The molecular weight excluding hydrogens is 374 g/mol. The van der Waals surface area contributed by atoms with Crippen molar-refractivity contribution in [3.8, 4) is 0 Å². The van der Waals surface area contributed by atoms with E-state index in [0.29, 0.717) is 12.5 Å². The Bertz CT molecular complexity index is 841. The third-order valence-corrected chi connectivity index (χ3v) is 6.59. The Balaban J connectivity index is 1.27. The molecule has 2 aliphatic heterocycles. The van der Waals surface area contributed by atoms with E-state index in [0.717, 1.165) is 64.1 Å². The molecule has 2 aromatic heterocycles. The lowest BCUT2D eigenvalue weighted by Gasteiger charge is -2.32. The lowest BCUT2D eigenvalue weighted by molar-refractivity contribution is -0.122. The Labute approximate surface area is 169 Å². The van der Waals surface area contributed by atoms with E-state index in [1.165, 1.54) is 16.0 Å². The number of nitrogens with zero attached hydrogens (tertiary/aromatic N) is 4. The van der Waals surface area contributed by atoms with Gasteiger partial charge < -0.3 is 5.32 Å². The fourth-order valence-corrected chi connectivity index (χ4v) is 5.01. The highest BCUT2D eigenvalue weighted by molar-refractivity contribution is 7.09. The van der Waals surface area contributed by atoms with Crippen LogP contribution in [0, 0.1) is 5.92 Å². The van der Waals surface area contributed by atoms with Crippen LogP contribution in [-0.4, -0.2) is 44.8 Å². The van der Waals surface area contributed by atoms with E-state index in [-0.39, 0.29) is 18.1 Å². The highest BCUT2D eigenvalue weighted by Gasteiger charge is 2.22. The molecule has 152 valence electrons. The average Bonchev–Trinajstić information content (AvgIpc) is 3.22. The van der Waals surface area contributed by atoms with Gasteiger partial charge in [-0.2, -0.15) is 5.10 Å². The monoisotopic (exact) mass is 403 g/mol. The molecule has 1 N–H and O–H groups in total. The van der Waals surface area contributed by atoms with Crippen LogP contribution < -0.4 is 11.0 Å². The van der Waals surface area contributed by atoms with Gasteiger partial charge >= 0.3 is 5.69 Å². The lowest BCUT2D eigenvalue weighted by Crippen LogP contribution is -2.42. The zero-order valence-corrected chi connectivity index (χ0v) is 17.1. The Hall–Kier alpha value is -1.93. The first-order valence-electron chi connectivity index (χ1n) is 10.4. The summed E-state index contributed by atoms with van der Waals surface area (Å²) in [5, 5.41) is 9.55. The lowest BCUT2D eigenvalue weighted by atomic mass is 9.98. The number of nitrogens with one attached hydrogen (secondary N) is 1. The van der Waals surface area contributed by atoms with E-state index >= 15 is 0 Å². The summed E-state index contributed by atoms with van der Waals surface area (Å²) in [5.74, 6) is 1.17. The van der Waals surface area contributed by atoms with Crippen LogP contribution in [0.2, 0.25) is 0 Å². The summed E-state index contributed by atoms with van der Waals surface area (Å²) in [4.78, 5) is 28.7. The van der Waals surface area contributed by atoms with Crippen LogP contribution in [0.3, 0.4) is 0 Å². The zero-order valence-electron chi connectivity index (χ0n) is 16.3. The first-order chi connectivity index (χ1) is 13.7. The molecule has 2 aromatic rings. The number of aromatic nitrogens is 3. The van der Waals surface area contributed by atoms with Crippen LogP contribution in [0.5, 0.6) is 0 Å². The molecule has 4 heterocycles. The highest BCUT2D eigenvalue weighted by Crippen LogP contribution is 2.20. The van der Waals surface area contributed by atoms with Crippen molar-refractivity contribution in [2.45, 2.75) is 58.2 Å². The van der Waals surface area contributed by atoms with Crippen molar-refractivity contribution in [2.75, 3.05) is 19.6 Å². The molecular formula is C20H29N5O2S. The minimum Gasteiger partial charge on any atom is -0.354 e. The van der Waals surface area contributed by atoms with E-state index in [4.69, 9.17) is 0 Å². The number of amides is 1. The summed E-state index contributed by atoms with van der Waals surface area (Å²) in [5.41, 5.74) is -0.146. The number of carbonyl (C=O) groups is 1. The summed E-state index contributed by atoms with van der Waals surface area (Å²) < 4.78 is 3.07. The fraction of sp³-hybridized carbons (Fsp3) is 0.650. The van der Waals surface area contributed by atoms with Gasteiger partial charge in [-0.3, -0.25) is 14.3 Å². The summed E-state index contributed by atoms with van der Waals surface area (Å²) in [6.45, 7) is 4.54. The van der Waals surface area contributed by atoms with Gasteiger partial charge in [0.05, 0.1) is 0 Å². The minimum absolute atomic E-state index is 0.0183. The molecule has 2 aliphatic rings. The predicted molar refractivity (Wildman–Crippen MR) is 109 cm³/mol. The second-order valence-corrected chi connectivity index (χ2v) is 8.98. The number of thiophene rings is 1. The van der Waals surface area contributed by atoms with Gasteiger partial charge in [-0.15, -0.1) is 11.3 Å². The summed E-state index contributed by atoms with van der Waals surface area (Å²) in [6, 6.07) is 4.28. The first-order valence-corrected chi connectivity index (χ1v) is 11.2. The quantitative estimate of drug-likeness (QED) is 0.799. The number of likely N-dealkylation sites (tertiary alicyclic amines) is 1. The van der Waals surface area contributed by atoms with Gasteiger partial charge in [-0.05, 0) is 49.6 Å². The average molecular weight is 404 g/mol. The number of piperidine rings is 1. The summed E-state index contributed by atoms with van der Waals surface area (Å²) in [6.07, 6.45) is 6.33. The summed E-state index contributed by atoms with van der Waals surface area (Å²) >= 11 is 1.80. The van der Waals surface area contributed by atoms with Gasteiger partial charge in [0.1, 0.15) is 12.4 Å². The number of fused-ring (bicyclic) bond motifs is 1. The van der Waals surface area contributed by atoms with Crippen LogP contribution in [-0.2, 0) is 30.8 Å². The maximum absolute atomic E-state index is 12.5. The van der Waals surface area contributed by atoms with Crippen LogP contribution in [0.1, 0.15) is 42.8 Å². The molecule has 28 heavy (non-hydrogen) atoms. The van der Waals surface area contributed by atoms with Crippen molar-refractivity contribution in [3.63, 3.8) is 0 Å². The van der Waals surface area contributed by atoms with Gasteiger partial charge in [0.15, 0.2) is 0 Å². The van der Waals surface area contributed by atoms with E-state index in [2.05, 4.69) is 32.8 Å². The molecule has 0 bridgehead atoms. The number of aryl methyl sites for hydroxylation is 1. The van der Waals surface area contributed by atoms with Gasteiger partial charge in [0, 0.05) is 37.5 Å². The van der Waals surface area contributed by atoms with E-state index in [1.54, 1.807) is 15.9 Å². The highest BCUT2D eigenvalue weighted by atomic mass is 32.1. The van der Waals surface area contributed by atoms with Crippen molar-refractivity contribution in [2.24, 2.45) is 5.92 Å². The maximum atomic E-state index is 12.5. The third kappa shape index (κ3) is 4.72. The molecule has 0 aliphatic carbocycles. The number of hydrogen-bond donors (Lipinski definition) is 1. The van der Waals surface area contributed by atoms with Crippen LogP contribution in [0.4, 0.5) is 0 Å². The Morgan fingerprint density at radius 2 is 2.18 bits per heavy atom. The molecule has 1 amide bonds.